The Morgan fingerprint density at radius 3 is 2.53 bits per heavy atom. The van der Waals surface area contributed by atoms with Crippen LogP contribution >= 0.6 is 0 Å². The Balaban J connectivity index is 2.47. The molecule has 0 bridgehead atoms. The van der Waals surface area contributed by atoms with Crippen LogP contribution in [0.2, 0.25) is 0 Å². The Hall–Kier alpha value is -1.58. The van der Waals surface area contributed by atoms with Crippen molar-refractivity contribution >= 4 is 0 Å². The lowest BCUT2D eigenvalue weighted by atomic mass is 9.92. The standard InChI is InChI=1S/C11H15N3O/c1-11(2,3)10-5-8(13-14(10)4)9-6-12-7-15-9/h5-7H,1-4H3. The average molecular weight is 205 g/mol. The maximum Gasteiger partial charge on any atom is 0.181 e. The molecule has 0 aliphatic carbocycles. The van der Waals surface area contributed by atoms with Gasteiger partial charge in [0.15, 0.2) is 12.2 Å². The van der Waals surface area contributed by atoms with Crippen LogP contribution in [0, 0.1) is 0 Å². The maximum absolute atomic E-state index is 5.21. The first-order chi connectivity index (χ1) is 6.98. The third-order valence-electron chi connectivity index (χ3n) is 2.33. The van der Waals surface area contributed by atoms with Gasteiger partial charge in [-0.05, 0) is 6.07 Å². The molecule has 2 heterocycles. The van der Waals surface area contributed by atoms with Gasteiger partial charge in [-0.15, -0.1) is 0 Å². The van der Waals surface area contributed by atoms with Crippen LogP contribution in [-0.4, -0.2) is 14.8 Å². The van der Waals surface area contributed by atoms with Crippen LogP contribution in [0.15, 0.2) is 23.1 Å². The lowest BCUT2D eigenvalue weighted by Gasteiger charge is -2.17. The number of hydrogen-bond donors (Lipinski definition) is 0. The van der Waals surface area contributed by atoms with E-state index < -0.39 is 0 Å². The second-order valence-electron chi connectivity index (χ2n) is 4.65. The van der Waals surface area contributed by atoms with Crippen molar-refractivity contribution in [2.75, 3.05) is 0 Å². The van der Waals surface area contributed by atoms with E-state index in [9.17, 15) is 0 Å². The van der Waals surface area contributed by atoms with Gasteiger partial charge in [0.2, 0.25) is 0 Å². The zero-order valence-corrected chi connectivity index (χ0v) is 9.48. The minimum atomic E-state index is 0.0834. The summed E-state index contributed by atoms with van der Waals surface area (Å²) in [7, 11) is 1.94. The number of aryl methyl sites for hydroxylation is 1. The van der Waals surface area contributed by atoms with E-state index in [1.165, 1.54) is 12.1 Å². The highest BCUT2D eigenvalue weighted by atomic mass is 16.3. The number of rotatable bonds is 1. The molecule has 0 amide bonds. The van der Waals surface area contributed by atoms with Gasteiger partial charge in [0, 0.05) is 18.2 Å². The van der Waals surface area contributed by atoms with Gasteiger partial charge in [-0.2, -0.15) is 5.10 Å². The highest BCUT2D eigenvalue weighted by molar-refractivity contribution is 5.51. The Morgan fingerprint density at radius 2 is 2.07 bits per heavy atom. The van der Waals surface area contributed by atoms with Crippen molar-refractivity contribution in [3.8, 4) is 11.5 Å². The van der Waals surface area contributed by atoms with Gasteiger partial charge in [-0.1, -0.05) is 20.8 Å². The predicted molar refractivity (Wildman–Crippen MR) is 57.4 cm³/mol. The van der Waals surface area contributed by atoms with E-state index in [0.717, 1.165) is 5.69 Å². The summed E-state index contributed by atoms with van der Waals surface area (Å²) in [6.07, 6.45) is 3.09. The van der Waals surface area contributed by atoms with E-state index in [0.29, 0.717) is 5.76 Å². The van der Waals surface area contributed by atoms with Crippen LogP contribution < -0.4 is 0 Å². The van der Waals surface area contributed by atoms with Crippen molar-refractivity contribution in [3.05, 3.63) is 24.4 Å². The molecule has 0 saturated carbocycles. The van der Waals surface area contributed by atoms with Crippen LogP contribution in [0.4, 0.5) is 0 Å². The Morgan fingerprint density at radius 1 is 1.33 bits per heavy atom. The van der Waals surface area contributed by atoms with Crippen LogP contribution in [0.25, 0.3) is 11.5 Å². The third kappa shape index (κ3) is 1.79. The highest BCUT2D eigenvalue weighted by Gasteiger charge is 2.20. The Bertz CT molecular complexity index is 449. The molecular formula is C11H15N3O. The molecule has 4 nitrogen and oxygen atoms in total. The second kappa shape index (κ2) is 3.22. The van der Waals surface area contributed by atoms with E-state index in [2.05, 4.69) is 30.9 Å². The topological polar surface area (TPSA) is 43.9 Å². The fraction of sp³-hybridized carbons (Fsp3) is 0.455. The van der Waals surface area contributed by atoms with Crippen molar-refractivity contribution in [2.24, 2.45) is 7.05 Å². The van der Waals surface area contributed by atoms with Crippen molar-refractivity contribution in [2.45, 2.75) is 26.2 Å². The molecule has 2 aromatic rings. The maximum atomic E-state index is 5.21. The summed E-state index contributed by atoms with van der Waals surface area (Å²) in [6.45, 7) is 6.48. The van der Waals surface area contributed by atoms with Gasteiger partial charge < -0.3 is 4.42 Å². The highest BCUT2D eigenvalue weighted by Crippen LogP contribution is 2.26. The minimum absolute atomic E-state index is 0.0834. The fourth-order valence-electron chi connectivity index (χ4n) is 1.63. The summed E-state index contributed by atoms with van der Waals surface area (Å²) in [5.74, 6) is 0.709. The van der Waals surface area contributed by atoms with Crippen molar-refractivity contribution < 1.29 is 4.42 Å². The molecule has 0 saturated heterocycles. The number of oxazole rings is 1. The normalized spacial score (nSPS) is 12.0. The van der Waals surface area contributed by atoms with Gasteiger partial charge in [-0.3, -0.25) is 4.68 Å². The van der Waals surface area contributed by atoms with Gasteiger partial charge in [-0.25, -0.2) is 4.98 Å². The first-order valence-electron chi connectivity index (χ1n) is 4.92. The lowest BCUT2D eigenvalue weighted by Crippen LogP contribution is -2.16. The summed E-state index contributed by atoms with van der Waals surface area (Å²) < 4.78 is 7.10. The molecule has 0 aromatic carbocycles. The van der Waals surface area contributed by atoms with Gasteiger partial charge in [0.1, 0.15) is 5.69 Å². The second-order valence-corrected chi connectivity index (χ2v) is 4.65. The molecule has 0 unspecified atom stereocenters. The van der Waals surface area contributed by atoms with Crippen LogP contribution in [0.5, 0.6) is 0 Å². The molecule has 0 atom stereocenters. The zero-order chi connectivity index (χ0) is 11.1. The van der Waals surface area contributed by atoms with E-state index in [-0.39, 0.29) is 5.41 Å². The minimum Gasteiger partial charge on any atom is -0.442 e. The van der Waals surface area contributed by atoms with Crippen molar-refractivity contribution in [1.29, 1.82) is 0 Å². The first kappa shape index (κ1) is 9.96. The predicted octanol–water partition coefficient (Wildman–Crippen LogP) is 2.37. The smallest absolute Gasteiger partial charge is 0.181 e. The Kier molecular flexibility index (Phi) is 2.14. The quantitative estimate of drug-likeness (QED) is 0.717. The molecule has 0 spiro atoms. The summed E-state index contributed by atoms with van der Waals surface area (Å²) in [4.78, 5) is 3.88. The molecule has 2 aromatic heterocycles. The molecule has 0 N–H and O–H groups in total. The zero-order valence-electron chi connectivity index (χ0n) is 9.48. The number of hydrogen-bond acceptors (Lipinski definition) is 3. The van der Waals surface area contributed by atoms with Crippen LogP contribution in [0.3, 0.4) is 0 Å². The summed E-state index contributed by atoms with van der Waals surface area (Å²) in [5.41, 5.74) is 2.09. The number of nitrogens with zero attached hydrogens (tertiary/aromatic N) is 3. The molecule has 4 heteroatoms. The lowest BCUT2D eigenvalue weighted by molar-refractivity contribution is 0.522. The molecule has 2 rings (SSSR count). The monoisotopic (exact) mass is 205 g/mol. The van der Waals surface area contributed by atoms with E-state index in [4.69, 9.17) is 4.42 Å². The van der Waals surface area contributed by atoms with Gasteiger partial charge >= 0.3 is 0 Å². The van der Waals surface area contributed by atoms with Gasteiger partial charge in [0.25, 0.3) is 0 Å². The van der Waals surface area contributed by atoms with E-state index in [1.54, 1.807) is 6.20 Å². The summed E-state index contributed by atoms with van der Waals surface area (Å²) in [6, 6.07) is 2.04. The fourth-order valence-corrected chi connectivity index (χ4v) is 1.63. The van der Waals surface area contributed by atoms with Crippen molar-refractivity contribution in [3.63, 3.8) is 0 Å². The average Bonchev–Trinajstić information content (AvgIpc) is 2.68. The first-order valence-corrected chi connectivity index (χ1v) is 4.92. The summed E-state index contributed by atoms with van der Waals surface area (Å²) in [5, 5.41) is 4.40. The summed E-state index contributed by atoms with van der Waals surface area (Å²) >= 11 is 0. The molecule has 0 radical (unpaired) electrons. The molecule has 0 aliphatic rings. The molecule has 80 valence electrons. The van der Waals surface area contributed by atoms with Crippen molar-refractivity contribution in [1.82, 2.24) is 14.8 Å². The molecule has 0 aliphatic heterocycles. The van der Waals surface area contributed by atoms with Crippen LogP contribution in [-0.2, 0) is 12.5 Å². The largest absolute Gasteiger partial charge is 0.442 e. The third-order valence-corrected chi connectivity index (χ3v) is 2.33. The molecule has 15 heavy (non-hydrogen) atoms. The molecule has 0 fully saturated rings. The van der Waals surface area contributed by atoms with Crippen LogP contribution in [0.1, 0.15) is 26.5 Å². The Labute approximate surface area is 88.9 Å². The number of aromatic nitrogens is 3. The molecular weight excluding hydrogens is 190 g/mol. The van der Waals surface area contributed by atoms with E-state index in [1.807, 2.05) is 17.8 Å². The van der Waals surface area contributed by atoms with E-state index >= 15 is 0 Å². The SMILES string of the molecule is Cn1nc(-c2cnco2)cc1C(C)(C)C. The van der Waals surface area contributed by atoms with Gasteiger partial charge in [0.05, 0.1) is 6.20 Å².